The molecule has 8 heterocycles. The van der Waals surface area contributed by atoms with Crippen LogP contribution in [0.25, 0.3) is 10.8 Å². The van der Waals surface area contributed by atoms with Gasteiger partial charge < -0.3 is 138 Å². The second kappa shape index (κ2) is 48.7. The van der Waals surface area contributed by atoms with E-state index in [1.165, 1.54) is 34.3 Å². The molecule has 6 bridgehead atoms. The lowest BCUT2D eigenvalue weighted by Crippen LogP contribution is -2.67. The number of amides is 1. The first-order valence-corrected chi connectivity index (χ1v) is 48.0. The maximum absolute atomic E-state index is 14.7. The van der Waals surface area contributed by atoms with Gasteiger partial charge in [0.15, 0.2) is 24.0 Å². The van der Waals surface area contributed by atoms with Crippen LogP contribution in [0, 0.1) is 60.2 Å². The number of hydrogen-bond acceptors (Lipinski definition) is 34. The summed E-state index contributed by atoms with van der Waals surface area (Å²) in [5.41, 5.74) is -4.85. The van der Waals surface area contributed by atoms with Crippen molar-refractivity contribution >= 4 is 40.1 Å². The van der Waals surface area contributed by atoms with E-state index in [0.717, 1.165) is 32.5 Å². The van der Waals surface area contributed by atoms with Gasteiger partial charge >= 0.3 is 17.7 Å². The largest absolute Gasteiger partial charge is 0.507 e. The van der Waals surface area contributed by atoms with Crippen LogP contribution in [0.3, 0.4) is 0 Å². The number of aliphatic hydroxyl groups is 8. The number of nitrogens with one attached hydrogen (secondary N) is 4. The number of likely N-dealkylation sites (tertiary alicyclic amines) is 1. The van der Waals surface area contributed by atoms with E-state index in [-0.39, 0.29) is 137 Å². The summed E-state index contributed by atoms with van der Waals surface area (Å²) in [6.07, 6.45) is -1.38. The van der Waals surface area contributed by atoms with Crippen molar-refractivity contribution in [3.8, 4) is 17.2 Å². The number of esters is 2. The smallest absolute Gasteiger partial charge is 0.312 e. The molecule has 5 saturated heterocycles. The molecule has 2 aromatic carbocycles. The summed E-state index contributed by atoms with van der Waals surface area (Å²) in [5, 5.41) is 126. The summed E-state index contributed by atoms with van der Waals surface area (Å²) < 4.78 is 79.7. The lowest BCUT2D eigenvalue weighted by atomic mass is 9.71. The highest BCUT2D eigenvalue weighted by atomic mass is 16.7. The molecule has 35 nitrogen and oxygen atoms in total. The molecule has 35 heteroatoms. The number of carbonyl (C=O) groups is 4. The number of phenols is 2. The van der Waals surface area contributed by atoms with Gasteiger partial charge in [0.1, 0.15) is 58.8 Å². The summed E-state index contributed by atoms with van der Waals surface area (Å²) in [7, 11) is 8.37. The molecule has 8 aliphatic rings. The van der Waals surface area contributed by atoms with Crippen LogP contribution in [0.2, 0.25) is 0 Å². The number of aromatic hydroxyl groups is 2. The number of anilines is 1. The third-order valence-corrected chi connectivity index (χ3v) is 28.8. The Morgan fingerprint density at radius 3 is 1.95 bits per heavy atom. The second-order valence-electron chi connectivity index (χ2n) is 40.0. The Morgan fingerprint density at radius 1 is 0.752 bits per heavy atom. The number of ether oxygens (including phenoxy) is 13. The van der Waals surface area contributed by atoms with Crippen molar-refractivity contribution < 1.29 is 132 Å². The molecule has 0 aromatic heterocycles. The highest BCUT2D eigenvalue weighted by Gasteiger charge is 2.57. The van der Waals surface area contributed by atoms with Crippen LogP contribution < -0.4 is 36.7 Å². The zero-order valence-corrected chi connectivity index (χ0v) is 84.0. The Kier molecular flexibility index (Phi) is 41.1. The van der Waals surface area contributed by atoms with Crippen LogP contribution in [-0.4, -0.2) is 330 Å². The summed E-state index contributed by atoms with van der Waals surface area (Å²) in [4.78, 5) is 70.1. The number of benzene rings is 2. The molecule has 0 radical (unpaired) electrons. The van der Waals surface area contributed by atoms with Gasteiger partial charge in [0.25, 0.3) is 11.7 Å². The zero-order chi connectivity index (χ0) is 99.2. The predicted molar refractivity (Wildman–Crippen MR) is 500 cm³/mol. The van der Waals surface area contributed by atoms with Gasteiger partial charge in [-0.05, 0) is 120 Å². The van der Waals surface area contributed by atoms with Crippen molar-refractivity contribution in [2.45, 2.75) is 348 Å². The molecular weight excluding hydrogens is 1720 g/mol. The number of fused-ring (bicyclic) bond motifs is 3. The molecule has 8 aliphatic heterocycles. The molecule has 10 rings (SSSR count). The number of methoxy groups -OCH3 is 3. The van der Waals surface area contributed by atoms with E-state index in [1.54, 1.807) is 108 Å². The fourth-order valence-corrected chi connectivity index (χ4v) is 20.4. The van der Waals surface area contributed by atoms with Gasteiger partial charge in [-0.1, -0.05) is 101 Å². The van der Waals surface area contributed by atoms with Crippen LogP contribution in [0.15, 0.2) is 46.1 Å². The highest BCUT2D eigenvalue weighted by molar-refractivity contribution is 6.19. The first-order valence-electron chi connectivity index (χ1n) is 48.0. The van der Waals surface area contributed by atoms with E-state index in [0.29, 0.717) is 51.5 Å². The first kappa shape index (κ1) is 112. The molecule has 1 spiro atoms. The number of ketones is 1. The van der Waals surface area contributed by atoms with Crippen LogP contribution in [0.5, 0.6) is 17.2 Å². The molecule has 1 amide bonds. The van der Waals surface area contributed by atoms with Crippen molar-refractivity contribution in [1.82, 2.24) is 25.8 Å². The minimum Gasteiger partial charge on any atom is -0.507 e. The van der Waals surface area contributed by atoms with Crippen molar-refractivity contribution in [2.24, 2.45) is 63.2 Å². The maximum Gasteiger partial charge on any atom is 0.312 e. The Hall–Kier alpha value is -6.08. The molecule has 2 aromatic rings. The number of cyclic esters (lactones) is 1. The number of nitrogens with zero attached hydrogens (tertiary/aromatic N) is 4. The van der Waals surface area contributed by atoms with E-state index < -0.39 is 179 Å². The Bertz CT molecular complexity index is 4330. The quantitative estimate of drug-likeness (QED) is 0.0281. The number of carbonyl (C=O) groups excluding carboxylic acids is 4. The summed E-state index contributed by atoms with van der Waals surface area (Å²) in [6.45, 7) is 44.7. The molecule has 0 aliphatic carbocycles. The number of piperidine rings is 1. The maximum atomic E-state index is 14.7. The lowest BCUT2D eigenvalue weighted by Gasteiger charge is -2.52. The van der Waals surface area contributed by atoms with E-state index in [4.69, 9.17) is 81.8 Å². The van der Waals surface area contributed by atoms with E-state index in [9.17, 15) is 60.0 Å². The molecule has 133 heavy (non-hydrogen) atoms. The number of Topliss-reactive ketones (excluding diaryl/α,β-unsaturated/α-hetero) is 1. The number of likely N-dealkylation sites (N-methyl/N-ethyl adjacent to an activating group) is 1. The van der Waals surface area contributed by atoms with Gasteiger partial charge in [-0.3, -0.25) is 34.5 Å². The van der Waals surface area contributed by atoms with Gasteiger partial charge in [-0.25, -0.2) is 0 Å². The molecule has 31 atom stereocenters. The fourth-order valence-electron chi connectivity index (χ4n) is 20.4. The fraction of sp³-hybridized carbons (Fsp3) is 0.796. The highest BCUT2D eigenvalue weighted by Crippen LogP contribution is 2.51. The van der Waals surface area contributed by atoms with Gasteiger partial charge in [0.2, 0.25) is 0 Å². The van der Waals surface area contributed by atoms with Gasteiger partial charge in [0.05, 0.1) is 122 Å². The van der Waals surface area contributed by atoms with E-state index in [2.05, 4.69) is 40.0 Å². The molecule has 14 N–H and O–H groups in total. The van der Waals surface area contributed by atoms with Crippen LogP contribution in [0.1, 0.15) is 213 Å². The molecular formula is C98H164N8O27. The standard InChI is InChI=1S/C46H62N4O11.C42H78N2O14.C10H24N2O2/c1-22(2)21-50-18-16-46(17-19-50)48-34-31-32-39(54)28(8)42-33(31)43(56)45(10,61-42)59-20-15-30(58-11)25(5)41(60-29(9)51)27(7)38(53)26(6)37(52)23(3)13-12-14-24(4)44(57)47-36(40(32)55)35(34)49-46;1-15-29-42(10,49)37-24(4)32(43-30(56-37)21-52-17-16-50-13)22(2)19-40(8,48)36(58-39-33(45)28(44(11)12)18-23(3)53-39)25(5)34(26(6)38(47)55-29)57-31-20-41(9,51-14)35(46)27(7)54-31;1-3-9(7-13)11-5-6-12-10(4-2)8-14/h12-15,20,22-23,25-27,30,37-38,41,52-55H,16-19,21H2,1-11H3,(H,47,57);22-37,39,43,45-46,48-49H,15-21H2,1-14H3;9-14H,3-8H2,1-2H3/b13-12+,20-15+,24-14-;;/t23-,25+,26+,27+,30-,37-,38+,41+,45-;22-,23?,24+,25?,26-,27?,28?,29-,30-,31?,32+,33?,34+,35?,36-,37?,39?,40-,41?,42-;9-,10-/m010/s1. The van der Waals surface area contributed by atoms with E-state index in [1.807, 2.05) is 67.5 Å². The Balaban J connectivity index is 0.000000286. The molecule has 758 valence electrons. The normalized spacial score (nSPS) is 37.8. The summed E-state index contributed by atoms with van der Waals surface area (Å²) >= 11 is 0. The van der Waals surface area contributed by atoms with E-state index >= 15 is 0 Å². The minimum absolute atomic E-state index is 0.0364. The average Bonchev–Trinajstić information content (AvgIpc) is 1.54. The topological polar surface area (TPSA) is 470 Å². The Labute approximate surface area is 787 Å². The predicted octanol–water partition coefficient (Wildman–Crippen LogP) is 6.66. The third kappa shape index (κ3) is 26.5. The van der Waals surface area contributed by atoms with Crippen molar-refractivity contribution in [1.29, 1.82) is 0 Å². The number of rotatable bonds is 25. The van der Waals surface area contributed by atoms with Crippen LogP contribution >= 0.6 is 0 Å². The summed E-state index contributed by atoms with van der Waals surface area (Å²) in [5.74, 6) is -9.40. The third-order valence-electron chi connectivity index (χ3n) is 28.8. The number of phenolic OH excluding ortho intramolecular Hbond substituents is 2. The van der Waals surface area contributed by atoms with Crippen molar-refractivity contribution in [3.63, 3.8) is 0 Å². The number of hydrogen-bond donors (Lipinski definition) is 14. The van der Waals surface area contributed by atoms with Crippen molar-refractivity contribution in [3.05, 3.63) is 58.0 Å². The van der Waals surface area contributed by atoms with Gasteiger partial charge in [0, 0.05) is 163 Å². The SMILES string of the molecule is CC[C@@H](CO)NCCN[C@@H](CC)CO.CC[C@H]1OC(=O)[C@H](C)[C@@H](OC2CC(C)(OC)C(O)C(C)O2)C(C)[C@@H](OC2OC(C)CC(N(C)C)C2O)[C@](C)(O)C[C@@H](C)[C@@H]2N[C@@H](COCCOC)OC([C@H]2C)[C@]1(C)O.CO[C@H]1/C=C/O[C@@]2(C)Oc3c(C)c(O)c4c(O)c(c5c(c4c3C2=O)=NC2(CCN(CC(C)C)CC2)N=5)NC(=O)/C(C)=C\C=C\[C@H](C)[C@H](O)[C@@H](C)[C@@H](O)[C@@H](C)[C@H](OC(C)=O)[C@@H]1C. The second-order valence-corrected chi connectivity index (χ2v) is 40.0. The number of allylic oxidation sites excluding steroid dienone is 2. The zero-order valence-electron chi connectivity index (χ0n) is 84.0. The molecule has 0 saturated carbocycles. The molecule has 5 fully saturated rings. The summed E-state index contributed by atoms with van der Waals surface area (Å²) in [6, 6.07) is -0.193. The monoisotopic (exact) mass is 1890 g/mol. The van der Waals surface area contributed by atoms with Crippen molar-refractivity contribution in [2.75, 3.05) is 106 Å². The number of aliphatic hydroxyl groups excluding tert-OH is 6. The minimum atomic E-state index is -1.96. The van der Waals surface area contributed by atoms with Gasteiger partial charge in [-0.15, -0.1) is 0 Å². The Morgan fingerprint density at radius 2 is 1.38 bits per heavy atom. The van der Waals surface area contributed by atoms with Gasteiger partial charge in [-0.2, -0.15) is 0 Å². The molecule has 10 unspecified atom stereocenters. The first-order chi connectivity index (χ1) is 62.4. The average molecular weight is 1890 g/mol. The van der Waals surface area contributed by atoms with Crippen LogP contribution in [0.4, 0.5) is 5.69 Å². The van der Waals surface area contributed by atoms with Crippen LogP contribution in [-0.2, 0) is 71.2 Å². The lowest BCUT2D eigenvalue weighted by molar-refractivity contribution is -0.318.